The molecule has 0 N–H and O–H groups in total. The van der Waals surface area contributed by atoms with E-state index in [4.69, 9.17) is 10.00 Å². The lowest BCUT2D eigenvalue weighted by atomic mass is 9.96. The first-order valence-corrected chi connectivity index (χ1v) is 7.48. The predicted molar refractivity (Wildman–Crippen MR) is 88.2 cm³/mol. The van der Waals surface area contributed by atoms with Gasteiger partial charge in [0, 0.05) is 16.6 Å². The summed E-state index contributed by atoms with van der Waals surface area (Å²) in [4.78, 5) is 4.23. The molecule has 0 aliphatic rings. The van der Waals surface area contributed by atoms with Gasteiger partial charge in [-0.3, -0.25) is 0 Å². The van der Waals surface area contributed by atoms with Gasteiger partial charge in [-0.2, -0.15) is 18.4 Å². The molecule has 0 aliphatic carbocycles. The predicted octanol–water partition coefficient (Wildman–Crippen LogP) is 5.02. The summed E-state index contributed by atoms with van der Waals surface area (Å²) in [6.07, 6.45) is -4.43. The van der Waals surface area contributed by atoms with Crippen LogP contribution < -0.4 is 4.74 Å². The van der Waals surface area contributed by atoms with Gasteiger partial charge in [-0.15, -0.1) is 0 Å². The standard InChI is InChI=1S/C19H13F3N2O/c1-12-17(14-6-4-5-13(9-14)10-23)15-7-2-3-8-16(15)18(24-12)25-11-19(20,21)22/h2-9H,11H2,1H3. The lowest BCUT2D eigenvalue weighted by Gasteiger charge is -2.15. The highest BCUT2D eigenvalue weighted by molar-refractivity contribution is 6.00. The summed E-state index contributed by atoms with van der Waals surface area (Å²) in [7, 11) is 0. The summed E-state index contributed by atoms with van der Waals surface area (Å²) < 4.78 is 42.4. The maximum atomic E-state index is 12.5. The van der Waals surface area contributed by atoms with Gasteiger partial charge in [0.25, 0.3) is 0 Å². The maximum absolute atomic E-state index is 12.5. The summed E-state index contributed by atoms with van der Waals surface area (Å²) in [6, 6.07) is 16.1. The lowest BCUT2D eigenvalue weighted by molar-refractivity contribution is -0.153. The average Bonchev–Trinajstić information content (AvgIpc) is 2.59. The average molecular weight is 342 g/mol. The maximum Gasteiger partial charge on any atom is 0.422 e. The Morgan fingerprint density at radius 2 is 1.80 bits per heavy atom. The number of nitriles is 1. The monoisotopic (exact) mass is 342 g/mol. The van der Waals surface area contributed by atoms with E-state index in [1.807, 2.05) is 6.07 Å². The van der Waals surface area contributed by atoms with E-state index in [0.717, 1.165) is 16.5 Å². The third-order valence-corrected chi connectivity index (χ3v) is 3.71. The van der Waals surface area contributed by atoms with Crippen LogP contribution in [0, 0.1) is 18.3 Å². The number of hydrogen-bond acceptors (Lipinski definition) is 3. The van der Waals surface area contributed by atoms with Crippen LogP contribution in [0.15, 0.2) is 48.5 Å². The Bertz CT molecular complexity index is 975. The van der Waals surface area contributed by atoms with E-state index in [2.05, 4.69) is 11.1 Å². The van der Waals surface area contributed by atoms with E-state index < -0.39 is 12.8 Å². The second-order valence-electron chi connectivity index (χ2n) is 5.52. The zero-order valence-corrected chi connectivity index (χ0v) is 13.3. The van der Waals surface area contributed by atoms with Crippen molar-refractivity contribution in [1.29, 1.82) is 5.26 Å². The van der Waals surface area contributed by atoms with Crippen molar-refractivity contribution in [3.8, 4) is 23.1 Å². The van der Waals surface area contributed by atoms with Crippen molar-refractivity contribution < 1.29 is 17.9 Å². The second-order valence-corrected chi connectivity index (χ2v) is 5.52. The van der Waals surface area contributed by atoms with Gasteiger partial charge in [0.2, 0.25) is 5.88 Å². The molecule has 3 nitrogen and oxygen atoms in total. The quantitative estimate of drug-likeness (QED) is 0.671. The summed E-state index contributed by atoms with van der Waals surface area (Å²) >= 11 is 0. The van der Waals surface area contributed by atoms with E-state index >= 15 is 0 Å². The molecule has 0 aliphatic heterocycles. The fourth-order valence-corrected chi connectivity index (χ4v) is 2.72. The Balaban J connectivity index is 2.18. The molecule has 0 radical (unpaired) electrons. The Kier molecular flexibility index (Phi) is 4.32. The van der Waals surface area contributed by atoms with Crippen LogP contribution in [0.25, 0.3) is 21.9 Å². The highest BCUT2D eigenvalue weighted by Gasteiger charge is 2.29. The van der Waals surface area contributed by atoms with Crippen molar-refractivity contribution in [2.24, 2.45) is 0 Å². The van der Waals surface area contributed by atoms with Crippen molar-refractivity contribution in [1.82, 2.24) is 4.98 Å². The molecule has 0 saturated carbocycles. The molecule has 0 unspecified atom stereocenters. The Labute approximate surface area is 142 Å². The molecule has 0 saturated heterocycles. The Morgan fingerprint density at radius 3 is 2.48 bits per heavy atom. The molecule has 0 amide bonds. The zero-order valence-electron chi connectivity index (χ0n) is 13.3. The Hall–Kier alpha value is -3.07. The molecule has 25 heavy (non-hydrogen) atoms. The number of pyridine rings is 1. The number of ether oxygens (including phenoxy) is 1. The van der Waals surface area contributed by atoms with Crippen LogP contribution in [0.2, 0.25) is 0 Å². The van der Waals surface area contributed by atoms with E-state index in [0.29, 0.717) is 16.6 Å². The highest BCUT2D eigenvalue weighted by Crippen LogP contribution is 2.36. The summed E-state index contributed by atoms with van der Waals surface area (Å²) in [5, 5.41) is 10.3. The van der Waals surface area contributed by atoms with Gasteiger partial charge in [-0.25, -0.2) is 4.98 Å². The fraction of sp³-hybridized carbons (Fsp3) is 0.158. The highest BCUT2D eigenvalue weighted by atomic mass is 19.4. The molecular weight excluding hydrogens is 329 g/mol. The van der Waals surface area contributed by atoms with Crippen LogP contribution in [0.4, 0.5) is 13.2 Å². The zero-order chi connectivity index (χ0) is 18.0. The molecule has 6 heteroatoms. The van der Waals surface area contributed by atoms with E-state index in [9.17, 15) is 13.2 Å². The lowest BCUT2D eigenvalue weighted by Crippen LogP contribution is -2.20. The SMILES string of the molecule is Cc1nc(OCC(F)(F)F)c2ccccc2c1-c1cccc(C#N)c1. The molecule has 3 aromatic rings. The van der Waals surface area contributed by atoms with Crippen LogP contribution in [0.5, 0.6) is 5.88 Å². The molecule has 0 spiro atoms. The van der Waals surface area contributed by atoms with Crippen molar-refractivity contribution in [2.45, 2.75) is 13.1 Å². The topological polar surface area (TPSA) is 45.9 Å². The van der Waals surface area contributed by atoms with Crippen LogP contribution in [0.3, 0.4) is 0 Å². The summed E-state index contributed by atoms with van der Waals surface area (Å²) in [5.41, 5.74) is 2.58. The molecule has 2 aromatic carbocycles. The molecule has 0 fully saturated rings. The third-order valence-electron chi connectivity index (χ3n) is 3.71. The van der Waals surface area contributed by atoms with Gasteiger partial charge >= 0.3 is 6.18 Å². The number of nitrogens with zero attached hydrogens (tertiary/aromatic N) is 2. The minimum atomic E-state index is -4.43. The van der Waals surface area contributed by atoms with Gasteiger partial charge in [0.1, 0.15) is 0 Å². The smallest absolute Gasteiger partial charge is 0.422 e. The number of rotatable bonds is 3. The van der Waals surface area contributed by atoms with Crippen molar-refractivity contribution in [3.05, 3.63) is 59.8 Å². The minimum absolute atomic E-state index is 0.0504. The van der Waals surface area contributed by atoms with Gasteiger partial charge in [-0.05, 0) is 36.1 Å². The van der Waals surface area contributed by atoms with Crippen molar-refractivity contribution in [2.75, 3.05) is 6.61 Å². The molecule has 1 heterocycles. The first-order chi connectivity index (χ1) is 11.9. The van der Waals surface area contributed by atoms with Crippen LogP contribution in [-0.2, 0) is 0 Å². The second kappa shape index (κ2) is 6.44. The van der Waals surface area contributed by atoms with E-state index in [1.54, 1.807) is 49.4 Å². The fourth-order valence-electron chi connectivity index (χ4n) is 2.72. The minimum Gasteiger partial charge on any atom is -0.468 e. The van der Waals surface area contributed by atoms with E-state index in [1.165, 1.54) is 0 Å². The summed E-state index contributed by atoms with van der Waals surface area (Å²) in [5.74, 6) is -0.0504. The van der Waals surface area contributed by atoms with Gasteiger partial charge in [-0.1, -0.05) is 30.3 Å². The number of aromatic nitrogens is 1. The number of fused-ring (bicyclic) bond motifs is 1. The number of alkyl halides is 3. The number of benzene rings is 2. The molecule has 126 valence electrons. The van der Waals surface area contributed by atoms with Crippen LogP contribution in [0.1, 0.15) is 11.3 Å². The van der Waals surface area contributed by atoms with Gasteiger partial charge in [0.15, 0.2) is 6.61 Å². The Morgan fingerprint density at radius 1 is 1.08 bits per heavy atom. The summed E-state index contributed by atoms with van der Waals surface area (Å²) in [6.45, 7) is 0.313. The largest absolute Gasteiger partial charge is 0.468 e. The molecule has 1 aromatic heterocycles. The first-order valence-electron chi connectivity index (χ1n) is 7.48. The van der Waals surface area contributed by atoms with Crippen LogP contribution >= 0.6 is 0 Å². The number of hydrogen-bond donors (Lipinski definition) is 0. The molecule has 0 atom stereocenters. The molecule has 0 bridgehead atoms. The van der Waals surface area contributed by atoms with Crippen LogP contribution in [-0.4, -0.2) is 17.8 Å². The first kappa shape index (κ1) is 16.8. The molecular formula is C19H13F3N2O. The van der Waals surface area contributed by atoms with E-state index in [-0.39, 0.29) is 5.88 Å². The number of halogens is 3. The van der Waals surface area contributed by atoms with Gasteiger partial charge < -0.3 is 4.74 Å². The number of aryl methyl sites for hydroxylation is 1. The van der Waals surface area contributed by atoms with Crippen molar-refractivity contribution >= 4 is 10.8 Å². The normalized spacial score (nSPS) is 11.3. The van der Waals surface area contributed by atoms with Gasteiger partial charge in [0.05, 0.1) is 11.6 Å². The third kappa shape index (κ3) is 3.56. The molecule has 3 rings (SSSR count). The van der Waals surface area contributed by atoms with Crippen molar-refractivity contribution in [3.63, 3.8) is 0 Å².